The van der Waals surface area contributed by atoms with Crippen molar-refractivity contribution >= 4 is 11.6 Å². The molecule has 0 aliphatic heterocycles. The standard InChI is InChI=1S/C12H18N2O/c1-7-5-8(11(14)15)10(13)9(6-7)12(2,3)4/h5-6H,13H2,1-4H3,(H2,14,15). The van der Waals surface area contributed by atoms with Gasteiger partial charge in [-0.1, -0.05) is 26.8 Å². The van der Waals surface area contributed by atoms with Crippen molar-refractivity contribution in [1.29, 1.82) is 0 Å². The highest BCUT2D eigenvalue weighted by Gasteiger charge is 2.20. The van der Waals surface area contributed by atoms with Crippen molar-refractivity contribution in [1.82, 2.24) is 0 Å². The van der Waals surface area contributed by atoms with Crippen molar-refractivity contribution in [3.63, 3.8) is 0 Å². The minimum Gasteiger partial charge on any atom is -0.398 e. The number of rotatable bonds is 1. The molecule has 0 atom stereocenters. The molecule has 0 spiro atoms. The lowest BCUT2D eigenvalue weighted by Crippen LogP contribution is -2.20. The summed E-state index contributed by atoms with van der Waals surface area (Å²) in [7, 11) is 0. The molecule has 0 saturated carbocycles. The molecule has 3 nitrogen and oxygen atoms in total. The van der Waals surface area contributed by atoms with Crippen molar-refractivity contribution in [2.45, 2.75) is 33.1 Å². The van der Waals surface area contributed by atoms with Crippen molar-refractivity contribution in [2.75, 3.05) is 5.73 Å². The highest BCUT2D eigenvalue weighted by Crippen LogP contribution is 2.31. The van der Waals surface area contributed by atoms with Crippen LogP contribution in [0, 0.1) is 6.92 Å². The fraction of sp³-hybridized carbons (Fsp3) is 0.417. The second kappa shape index (κ2) is 3.57. The van der Waals surface area contributed by atoms with E-state index >= 15 is 0 Å². The predicted octanol–water partition coefficient (Wildman–Crippen LogP) is 1.97. The van der Waals surface area contributed by atoms with E-state index in [0.29, 0.717) is 11.3 Å². The third-order valence-electron chi connectivity index (χ3n) is 2.40. The Bertz CT molecular complexity index is 403. The van der Waals surface area contributed by atoms with E-state index in [1.54, 1.807) is 6.07 Å². The summed E-state index contributed by atoms with van der Waals surface area (Å²) in [6.07, 6.45) is 0. The van der Waals surface area contributed by atoms with Crippen LogP contribution in [0.15, 0.2) is 12.1 Å². The van der Waals surface area contributed by atoms with Crippen LogP contribution >= 0.6 is 0 Å². The van der Waals surface area contributed by atoms with E-state index in [0.717, 1.165) is 11.1 Å². The van der Waals surface area contributed by atoms with E-state index in [-0.39, 0.29) is 5.41 Å². The number of carbonyl (C=O) groups excluding carboxylic acids is 1. The minimum atomic E-state index is -0.471. The van der Waals surface area contributed by atoms with Crippen LogP contribution in [0.2, 0.25) is 0 Å². The van der Waals surface area contributed by atoms with Crippen molar-refractivity contribution in [2.24, 2.45) is 5.73 Å². The van der Waals surface area contributed by atoms with Crippen LogP contribution in [0.4, 0.5) is 5.69 Å². The Labute approximate surface area is 90.5 Å². The fourth-order valence-electron chi connectivity index (χ4n) is 1.62. The summed E-state index contributed by atoms with van der Waals surface area (Å²) >= 11 is 0. The molecule has 0 radical (unpaired) electrons. The summed E-state index contributed by atoms with van der Waals surface area (Å²) in [5.41, 5.74) is 14.0. The zero-order chi connectivity index (χ0) is 11.8. The molecule has 0 aliphatic carbocycles. The lowest BCUT2D eigenvalue weighted by molar-refractivity contribution is 0.100. The number of aryl methyl sites for hydroxylation is 1. The minimum absolute atomic E-state index is 0.0830. The number of primary amides is 1. The summed E-state index contributed by atoms with van der Waals surface area (Å²) < 4.78 is 0. The monoisotopic (exact) mass is 206 g/mol. The Balaban J connectivity index is 3.49. The van der Waals surface area contributed by atoms with Gasteiger partial charge in [0.25, 0.3) is 5.91 Å². The Kier molecular flexibility index (Phi) is 2.75. The van der Waals surface area contributed by atoms with Crippen molar-refractivity contribution in [3.8, 4) is 0 Å². The van der Waals surface area contributed by atoms with Gasteiger partial charge in [0.1, 0.15) is 0 Å². The van der Waals surface area contributed by atoms with Gasteiger partial charge in [0.15, 0.2) is 0 Å². The molecule has 0 bridgehead atoms. The van der Waals surface area contributed by atoms with E-state index in [9.17, 15) is 4.79 Å². The molecule has 1 rings (SSSR count). The van der Waals surface area contributed by atoms with Crippen molar-refractivity contribution < 1.29 is 4.79 Å². The quantitative estimate of drug-likeness (QED) is 0.690. The Hall–Kier alpha value is -1.51. The maximum Gasteiger partial charge on any atom is 0.250 e. The molecule has 0 saturated heterocycles. The molecule has 82 valence electrons. The Morgan fingerprint density at radius 3 is 2.20 bits per heavy atom. The zero-order valence-corrected chi connectivity index (χ0v) is 9.72. The maximum absolute atomic E-state index is 11.2. The van der Waals surface area contributed by atoms with E-state index in [4.69, 9.17) is 11.5 Å². The average molecular weight is 206 g/mol. The molecule has 15 heavy (non-hydrogen) atoms. The van der Waals surface area contributed by atoms with E-state index in [2.05, 4.69) is 20.8 Å². The number of hydrogen-bond acceptors (Lipinski definition) is 2. The fourth-order valence-corrected chi connectivity index (χ4v) is 1.62. The zero-order valence-electron chi connectivity index (χ0n) is 9.72. The number of carbonyl (C=O) groups is 1. The van der Waals surface area contributed by atoms with Gasteiger partial charge in [-0.05, 0) is 29.5 Å². The molecule has 1 amide bonds. The normalized spacial score (nSPS) is 11.5. The smallest absolute Gasteiger partial charge is 0.250 e. The van der Waals surface area contributed by atoms with Crippen LogP contribution in [0.1, 0.15) is 42.3 Å². The highest BCUT2D eigenvalue weighted by atomic mass is 16.1. The molecule has 0 aromatic heterocycles. The maximum atomic E-state index is 11.2. The third-order valence-corrected chi connectivity index (χ3v) is 2.40. The number of hydrogen-bond donors (Lipinski definition) is 2. The Morgan fingerprint density at radius 1 is 1.27 bits per heavy atom. The number of nitrogen functional groups attached to an aromatic ring is 1. The van der Waals surface area contributed by atoms with E-state index in [1.165, 1.54) is 0 Å². The number of anilines is 1. The van der Waals surface area contributed by atoms with E-state index in [1.807, 2.05) is 13.0 Å². The number of amides is 1. The first kappa shape index (κ1) is 11.6. The van der Waals surface area contributed by atoms with E-state index < -0.39 is 5.91 Å². The molecule has 3 heteroatoms. The molecule has 0 unspecified atom stereocenters. The van der Waals surface area contributed by atoms with Crippen LogP contribution in [-0.2, 0) is 5.41 Å². The topological polar surface area (TPSA) is 69.1 Å². The van der Waals surface area contributed by atoms with Crippen LogP contribution in [0.25, 0.3) is 0 Å². The van der Waals surface area contributed by atoms with Gasteiger partial charge >= 0.3 is 0 Å². The van der Waals surface area contributed by atoms with Crippen LogP contribution in [0.5, 0.6) is 0 Å². The SMILES string of the molecule is Cc1cc(C(N)=O)c(N)c(C(C)(C)C)c1. The van der Waals surface area contributed by atoms with Gasteiger partial charge in [-0.25, -0.2) is 0 Å². The van der Waals surface area contributed by atoms with Crippen LogP contribution in [0.3, 0.4) is 0 Å². The summed E-state index contributed by atoms with van der Waals surface area (Å²) in [6.45, 7) is 8.11. The number of benzene rings is 1. The van der Waals surface area contributed by atoms with Gasteiger partial charge in [-0.2, -0.15) is 0 Å². The first-order valence-corrected chi connectivity index (χ1v) is 4.94. The van der Waals surface area contributed by atoms with Gasteiger partial charge in [-0.3, -0.25) is 4.79 Å². The van der Waals surface area contributed by atoms with Gasteiger partial charge < -0.3 is 11.5 Å². The molecule has 4 N–H and O–H groups in total. The highest BCUT2D eigenvalue weighted by molar-refractivity contribution is 5.99. The largest absolute Gasteiger partial charge is 0.398 e. The van der Waals surface area contributed by atoms with Gasteiger partial charge in [0.2, 0.25) is 0 Å². The van der Waals surface area contributed by atoms with Crippen molar-refractivity contribution in [3.05, 3.63) is 28.8 Å². The second-order valence-electron chi connectivity index (χ2n) is 4.89. The lowest BCUT2D eigenvalue weighted by Gasteiger charge is -2.23. The molecule has 0 heterocycles. The molecule has 1 aromatic rings. The summed E-state index contributed by atoms with van der Waals surface area (Å²) in [5.74, 6) is -0.471. The van der Waals surface area contributed by atoms with Gasteiger partial charge in [-0.15, -0.1) is 0 Å². The molecular formula is C12H18N2O. The summed E-state index contributed by atoms with van der Waals surface area (Å²) in [5, 5.41) is 0. The molecular weight excluding hydrogens is 188 g/mol. The van der Waals surface area contributed by atoms with Gasteiger partial charge in [0, 0.05) is 5.69 Å². The Morgan fingerprint density at radius 2 is 1.80 bits per heavy atom. The summed E-state index contributed by atoms with van der Waals surface area (Å²) in [4.78, 5) is 11.2. The first-order chi connectivity index (χ1) is 6.73. The first-order valence-electron chi connectivity index (χ1n) is 4.94. The van der Waals surface area contributed by atoms with Crippen LogP contribution < -0.4 is 11.5 Å². The second-order valence-corrected chi connectivity index (χ2v) is 4.89. The summed E-state index contributed by atoms with van der Waals surface area (Å²) in [6, 6.07) is 3.73. The third kappa shape index (κ3) is 2.29. The van der Waals surface area contributed by atoms with Crippen LogP contribution in [-0.4, -0.2) is 5.91 Å². The number of nitrogens with two attached hydrogens (primary N) is 2. The molecule has 0 aliphatic rings. The average Bonchev–Trinajstić information content (AvgIpc) is 2.06. The predicted molar refractivity (Wildman–Crippen MR) is 62.8 cm³/mol. The van der Waals surface area contributed by atoms with Gasteiger partial charge in [0.05, 0.1) is 5.56 Å². The lowest BCUT2D eigenvalue weighted by atomic mass is 9.83. The molecule has 1 aromatic carbocycles. The molecule has 0 fully saturated rings.